The topological polar surface area (TPSA) is 54.4 Å². The zero-order valence-electron chi connectivity index (χ0n) is 8.77. The number of rotatable bonds is 3. The fourth-order valence-corrected chi connectivity index (χ4v) is 0.837. The molecule has 1 N–H and O–H groups in total. The normalized spacial score (nSPS) is 11.7. The van der Waals surface area contributed by atoms with E-state index in [9.17, 15) is 4.79 Å². The van der Waals surface area contributed by atoms with E-state index in [-0.39, 0.29) is 5.91 Å². The third-order valence-electron chi connectivity index (χ3n) is 1.86. The lowest BCUT2D eigenvalue weighted by Crippen LogP contribution is -2.18. The van der Waals surface area contributed by atoms with Crippen LogP contribution in [0.5, 0.6) is 0 Å². The van der Waals surface area contributed by atoms with Gasteiger partial charge in [-0.25, -0.2) is 5.43 Å². The van der Waals surface area contributed by atoms with Gasteiger partial charge in [-0.05, 0) is 19.9 Å². The third kappa shape index (κ3) is 3.72. The third-order valence-corrected chi connectivity index (χ3v) is 1.86. The molecule has 4 heteroatoms. The van der Waals surface area contributed by atoms with Gasteiger partial charge >= 0.3 is 0 Å². The van der Waals surface area contributed by atoms with Crippen molar-refractivity contribution in [1.29, 1.82) is 0 Å². The number of aromatic nitrogens is 1. The SMILES string of the molecule is C/C=C(\C)C(=O)N/N=C\c1cccnc1. The van der Waals surface area contributed by atoms with Crippen LogP contribution in [-0.4, -0.2) is 17.1 Å². The number of pyridine rings is 1. The number of hydrogen-bond acceptors (Lipinski definition) is 3. The highest BCUT2D eigenvalue weighted by Gasteiger charge is 1.98. The molecule has 1 aromatic rings. The van der Waals surface area contributed by atoms with Crippen LogP contribution in [0, 0.1) is 0 Å². The molecule has 0 saturated carbocycles. The molecule has 4 nitrogen and oxygen atoms in total. The van der Waals surface area contributed by atoms with Crippen molar-refractivity contribution in [3.63, 3.8) is 0 Å². The van der Waals surface area contributed by atoms with Gasteiger partial charge in [-0.2, -0.15) is 5.10 Å². The number of amides is 1. The maximum Gasteiger partial charge on any atom is 0.266 e. The van der Waals surface area contributed by atoms with E-state index in [1.807, 2.05) is 6.07 Å². The molecule has 0 aromatic carbocycles. The first-order chi connectivity index (χ1) is 7.24. The summed E-state index contributed by atoms with van der Waals surface area (Å²) in [5, 5.41) is 3.81. The number of nitrogens with one attached hydrogen (secondary N) is 1. The van der Waals surface area contributed by atoms with Gasteiger partial charge in [-0.3, -0.25) is 9.78 Å². The molecule has 0 spiro atoms. The molecule has 78 valence electrons. The molecule has 0 fully saturated rings. The van der Waals surface area contributed by atoms with Crippen molar-refractivity contribution in [2.45, 2.75) is 13.8 Å². The largest absolute Gasteiger partial charge is 0.268 e. The number of hydrazone groups is 1. The van der Waals surface area contributed by atoms with Crippen molar-refractivity contribution in [3.8, 4) is 0 Å². The maximum absolute atomic E-state index is 11.3. The summed E-state index contributed by atoms with van der Waals surface area (Å²) in [6, 6.07) is 3.66. The Morgan fingerprint density at radius 3 is 3.00 bits per heavy atom. The fourth-order valence-electron chi connectivity index (χ4n) is 0.837. The number of carbonyl (C=O) groups excluding carboxylic acids is 1. The van der Waals surface area contributed by atoms with Crippen molar-refractivity contribution >= 4 is 12.1 Å². The molecule has 0 aliphatic heterocycles. The summed E-state index contributed by atoms with van der Waals surface area (Å²) in [5.41, 5.74) is 3.90. The van der Waals surface area contributed by atoms with E-state index in [0.29, 0.717) is 5.57 Å². The molecular weight excluding hydrogens is 190 g/mol. The van der Waals surface area contributed by atoms with Crippen molar-refractivity contribution in [2.75, 3.05) is 0 Å². The second-order valence-electron chi connectivity index (χ2n) is 2.96. The Balaban J connectivity index is 2.51. The minimum Gasteiger partial charge on any atom is -0.268 e. The van der Waals surface area contributed by atoms with E-state index < -0.39 is 0 Å². The van der Waals surface area contributed by atoms with Crippen LogP contribution in [-0.2, 0) is 4.79 Å². The van der Waals surface area contributed by atoms with Crippen LogP contribution in [0.15, 0.2) is 41.3 Å². The van der Waals surface area contributed by atoms with Crippen LogP contribution < -0.4 is 5.43 Å². The second-order valence-corrected chi connectivity index (χ2v) is 2.96. The lowest BCUT2D eigenvalue weighted by Gasteiger charge is -1.97. The number of nitrogens with zero attached hydrogens (tertiary/aromatic N) is 2. The zero-order valence-corrected chi connectivity index (χ0v) is 8.77. The summed E-state index contributed by atoms with van der Waals surface area (Å²) < 4.78 is 0. The molecule has 1 aromatic heterocycles. The van der Waals surface area contributed by atoms with Gasteiger partial charge in [0.05, 0.1) is 6.21 Å². The van der Waals surface area contributed by atoms with Gasteiger partial charge in [-0.15, -0.1) is 0 Å². The van der Waals surface area contributed by atoms with Crippen molar-refractivity contribution in [3.05, 3.63) is 41.7 Å². The monoisotopic (exact) mass is 203 g/mol. The zero-order chi connectivity index (χ0) is 11.1. The molecule has 0 aliphatic rings. The lowest BCUT2D eigenvalue weighted by molar-refractivity contribution is -0.117. The van der Waals surface area contributed by atoms with E-state index in [1.165, 1.54) is 0 Å². The number of allylic oxidation sites excluding steroid dienone is 1. The Morgan fingerprint density at radius 2 is 2.40 bits per heavy atom. The van der Waals surface area contributed by atoms with Gasteiger partial charge in [-0.1, -0.05) is 12.1 Å². The van der Waals surface area contributed by atoms with E-state index in [0.717, 1.165) is 5.56 Å². The van der Waals surface area contributed by atoms with Crippen LogP contribution in [0.1, 0.15) is 19.4 Å². The van der Waals surface area contributed by atoms with Gasteiger partial charge in [0, 0.05) is 23.5 Å². The maximum atomic E-state index is 11.3. The van der Waals surface area contributed by atoms with Gasteiger partial charge in [0.15, 0.2) is 0 Å². The Hall–Kier alpha value is -1.97. The van der Waals surface area contributed by atoms with Gasteiger partial charge in [0.1, 0.15) is 0 Å². The van der Waals surface area contributed by atoms with Gasteiger partial charge < -0.3 is 0 Å². The summed E-state index contributed by atoms with van der Waals surface area (Å²) in [7, 11) is 0. The first kappa shape index (κ1) is 11.1. The van der Waals surface area contributed by atoms with E-state index in [2.05, 4.69) is 15.5 Å². The minimum absolute atomic E-state index is 0.197. The van der Waals surface area contributed by atoms with Crippen LogP contribution in [0.2, 0.25) is 0 Å². The first-order valence-corrected chi connectivity index (χ1v) is 4.60. The Morgan fingerprint density at radius 1 is 1.60 bits per heavy atom. The van der Waals surface area contributed by atoms with Crippen LogP contribution >= 0.6 is 0 Å². The Bertz CT molecular complexity index is 382. The summed E-state index contributed by atoms with van der Waals surface area (Å²) in [6.45, 7) is 3.54. The van der Waals surface area contributed by atoms with Gasteiger partial charge in [0.25, 0.3) is 5.91 Å². The van der Waals surface area contributed by atoms with Crippen molar-refractivity contribution in [2.24, 2.45) is 5.10 Å². The summed E-state index contributed by atoms with van der Waals surface area (Å²) in [6.07, 6.45) is 6.63. The molecule has 0 saturated heterocycles. The lowest BCUT2D eigenvalue weighted by atomic mass is 10.3. The first-order valence-electron chi connectivity index (χ1n) is 4.60. The smallest absolute Gasteiger partial charge is 0.266 e. The highest BCUT2D eigenvalue weighted by molar-refractivity contribution is 5.93. The highest BCUT2D eigenvalue weighted by Crippen LogP contribution is 1.92. The van der Waals surface area contributed by atoms with E-state index in [4.69, 9.17) is 0 Å². The van der Waals surface area contributed by atoms with Crippen LogP contribution in [0.4, 0.5) is 0 Å². The number of hydrogen-bond donors (Lipinski definition) is 1. The predicted molar refractivity (Wildman–Crippen MR) is 59.4 cm³/mol. The fraction of sp³-hybridized carbons (Fsp3) is 0.182. The summed E-state index contributed by atoms with van der Waals surface area (Å²) >= 11 is 0. The summed E-state index contributed by atoms with van der Waals surface area (Å²) in [5.74, 6) is -0.197. The van der Waals surface area contributed by atoms with Crippen LogP contribution in [0.25, 0.3) is 0 Å². The van der Waals surface area contributed by atoms with E-state index >= 15 is 0 Å². The molecule has 0 radical (unpaired) electrons. The molecule has 1 heterocycles. The average Bonchev–Trinajstić information content (AvgIpc) is 2.29. The molecule has 1 amide bonds. The standard InChI is InChI=1S/C11H13N3O/c1-3-9(2)11(15)14-13-8-10-5-4-6-12-7-10/h3-8H,1-2H3,(H,14,15)/b9-3+,13-8-. The highest BCUT2D eigenvalue weighted by atomic mass is 16.2. The average molecular weight is 203 g/mol. The molecule has 15 heavy (non-hydrogen) atoms. The predicted octanol–water partition coefficient (Wildman–Crippen LogP) is 1.50. The minimum atomic E-state index is -0.197. The van der Waals surface area contributed by atoms with Crippen molar-refractivity contribution < 1.29 is 4.79 Å². The van der Waals surface area contributed by atoms with Gasteiger partial charge in [0.2, 0.25) is 0 Å². The molecule has 0 unspecified atom stereocenters. The quantitative estimate of drug-likeness (QED) is 0.460. The molecular formula is C11H13N3O. The molecule has 0 bridgehead atoms. The van der Waals surface area contributed by atoms with Crippen LogP contribution in [0.3, 0.4) is 0 Å². The Labute approximate surface area is 88.7 Å². The molecule has 0 aliphatic carbocycles. The molecule has 0 atom stereocenters. The summed E-state index contributed by atoms with van der Waals surface area (Å²) in [4.78, 5) is 15.2. The van der Waals surface area contributed by atoms with Crippen molar-refractivity contribution in [1.82, 2.24) is 10.4 Å². The van der Waals surface area contributed by atoms with E-state index in [1.54, 1.807) is 44.6 Å². The number of carbonyl (C=O) groups is 1. The Kier molecular flexibility index (Phi) is 4.22. The molecule has 1 rings (SSSR count). The second kappa shape index (κ2) is 5.70.